The van der Waals surface area contributed by atoms with Crippen LogP contribution in [0.25, 0.3) is 10.9 Å². The van der Waals surface area contributed by atoms with Crippen molar-refractivity contribution in [3.05, 3.63) is 30.0 Å². The summed E-state index contributed by atoms with van der Waals surface area (Å²) < 4.78 is 6.91. The molecule has 0 fully saturated rings. The van der Waals surface area contributed by atoms with Crippen LogP contribution >= 0.6 is 0 Å². The number of aryl methyl sites for hydroxylation is 1. The van der Waals surface area contributed by atoms with Crippen molar-refractivity contribution in [2.75, 3.05) is 13.2 Å². The Hall–Kier alpha value is -1.68. The molecule has 2 aromatic rings. The van der Waals surface area contributed by atoms with E-state index in [0.29, 0.717) is 13.0 Å². The Bertz CT molecular complexity index is 531. The number of ketones is 1. The number of nitrogens with zero attached hydrogens (tertiary/aromatic N) is 2. The third-order valence-electron chi connectivity index (χ3n) is 2.67. The second-order valence-corrected chi connectivity index (χ2v) is 3.94. The third kappa shape index (κ3) is 2.53. The number of fused-ring (bicyclic) bond motifs is 1. The normalized spacial score (nSPS) is 10.9. The number of hydrogen-bond acceptors (Lipinski definition) is 3. The summed E-state index contributed by atoms with van der Waals surface area (Å²) in [6.07, 6.45) is 0.335. The number of Topliss-reactive ketones (excluding diaryl/α,β-unsaturated/α-hetero) is 1. The second kappa shape index (κ2) is 5.10. The molecule has 0 unspecified atom stereocenters. The molecule has 0 aliphatic carbocycles. The third-order valence-corrected chi connectivity index (χ3v) is 2.67. The lowest BCUT2D eigenvalue weighted by Crippen LogP contribution is -2.12. The molecule has 0 N–H and O–H groups in total. The van der Waals surface area contributed by atoms with Gasteiger partial charge in [-0.3, -0.25) is 9.48 Å². The van der Waals surface area contributed by atoms with Crippen molar-refractivity contribution in [2.24, 2.45) is 7.05 Å². The van der Waals surface area contributed by atoms with Gasteiger partial charge in [-0.15, -0.1) is 0 Å². The van der Waals surface area contributed by atoms with E-state index >= 15 is 0 Å². The number of ether oxygens (including phenoxy) is 1. The van der Waals surface area contributed by atoms with E-state index in [2.05, 4.69) is 5.10 Å². The average Bonchev–Trinajstić information content (AvgIpc) is 2.65. The molecular formula is C13H16N2O2. The van der Waals surface area contributed by atoms with Gasteiger partial charge in [-0.25, -0.2) is 0 Å². The topological polar surface area (TPSA) is 44.1 Å². The van der Waals surface area contributed by atoms with E-state index in [9.17, 15) is 4.79 Å². The van der Waals surface area contributed by atoms with Gasteiger partial charge in [0.2, 0.25) is 0 Å². The zero-order valence-corrected chi connectivity index (χ0v) is 10.1. The summed E-state index contributed by atoms with van der Waals surface area (Å²) in [7, 11) is 1.89. The van der Waals surface area contributed by atoms with Gasteiger partial charge in [0.1, 0.15) is 6.61 Å². The maximum Gasteiger partial charge on any atom is 0.164 e. The standard InChI is InChI=1S/C13H16N2O2/c1-3-17-9-10(16)8-12-11-6-4-5-7-13(11)15(2)14-12/h4-7H,3,8-9H2,1-2H3. The molecule has 17 heavy (non-hydrogen) atoms. The van der Waals surface area contributed by atoms with Gasteiger partial charge < -0.3 is 4.74 Å². The Morgan fingerprint density at radius 2 is 2.18 bits per heavy atom. The molecule has 1 heterocycles. The molecule has 4 nitrogen and oxygen atoms in total. The van der Waals surface area contributed by atoms with Gasteiger partial charge in [-0.2, -0.15) is 5.10 Å². The minimum atomic E-state index is 0.0655. The number of carbonyl (C=O) groups excluding carboxylic acids is 1. The first kappa shape index (κ1) is 11.8. The molecule has 0 aliphatic heterocycles. The highest BCUT2D eigenvalue weighted by molar-refractivity contribution is 5.89. The van der Waals surface area contributed by atoms with Crippen molar-refractivity contribution in [1.82, 2.24) is 9.78 Å². The molecule has 1 aromatic heterocycles. The number of benzene rings is 1. The summed E-state index contributed by atoms with van der Waals surface area (Å²) in [5.41, 5.74) is 1.87. The predicted octanol–water partition coefficient (Wildman–Crippen LogP) is 1.72. The Morgan fingerprint density at radius 1 is 1.41 bits per heavy atom. The van der Waals surface area contributed by atoms with E-state index < -0.39 is 0 Å². The summed E-state index contributed by atoms with van der Waals surface area (Å²) in [5.74, 6) is 0.0655. The molecular weight excluding hydrogens is 216 g/mol. The summed E-state index contributed by atoms with van der Waals surface area (Å²) >= 11 is 0. The zero-order chi connectivity index (χ0) is 12.3. The van der Waals surface area contributed by atoms with E-state index in [-0.39, 0.29) is 12.4 Å². The summed E-state index contributed by atoms with van der Waals surface area (Å²) in [5, 5.41) is 5.42. The van der Waals surface area contributed by atoms with Crippen LogP contribution in [-0.4, -0.2) is 28.8 Å². The lowest BCUT2D eigenvalue weighted by Gasteiger charge is -1.99. The van der Waals surface area contributed by atoms with Crippen LogP contribution in [0.5, 0.6) is 0 Å². The number of aromatic nitrogens is 2. The first-order valence-corrected chi connectivity index (χ1v) is 5.72. The quantitative estimate of drug-likeness (QED) is 0.788. The highest BCUT2D eigenvalue weighted by Gasteiger charge is 2.11. The molecule has 0 saturated carbocycles. The van der Waals surface area contributed by atoms with Gasteiger partial charge in [0.05, 0.1) is 17.6 Å². The minimum absolute atomic E-state index is 0.0655. The van der Waals surface area contributed by atoms with Crippen molar-refractivity contribution in [3.63, 3.8) is 0 Å². The van der Waals surface area contributed by atoms with Crippen LogP contribution in [0, 0.1) is 0 Å². The minimum Gasteiger partial charge on any atom is -0.374 e. The second-order valence-electron chi connectivity index (χ2n) is 3.94. The maximum absolute atomic E-state index is 11.7. The van der Waals surface area contributed by atoms with Crippen molar-refractivity contribution in [2.45, 2.75) is 13.3 Å². The van der Waals surface area contributed by atoms with Crippen LogP contribution in [0.3, 0.4) is 0 Å². The number of rotatable bonds is 5. The number of carbonyl (C=O) groups is 1. The van der Waals surface area contributed by atoms with Crippen molar-refractivity contribution < 1.29 is 9.53 Å². The van der Waals surface area contributed by atoms with Gasteiger partial charge >= 0.3 is 0 Å². The number of para-hydroxylation sites is 1. The molecule has 0 saturated heterocycles. The summed E-state index contributed by atoms with van der Waals surface area (Å²) in [6.45, 7) is 2.61. The van der Waals surface area contributed by atoms with Crippen LogP contribution in [-0.2, 0) is 23.0 Å². The monoisotopic (exact) mass is 232 g/mol. The molecule has 0 bridgehead atoms. The van der Waals surface area contributed by atoms with Crippen molar-refractivity contribution >= 4 is 16.7 Å². The maximum atomic E-state index is 11.7. The van der Waals surface area contributed by atoms with Crippen LogP contribution in [0.4, 0.5) is 0 Å². The van der Waals surface area contributed by atoms with E-state index in [1.807, 2.05) is 38.2 Å². The SMILES string of the molecule is CCOCC(=O)Cc1nn(C)c2ccccc12. The van der Waals surface area contributed by atoms with Crippen LogP contribution in [0.2, 0.25) is 0 Å². The lowest BCUT2D eigenvalue weighted by atomic mass is 10.1. The molecule has 2 rings (SSSR count). The first-order valence-electron chi connectivity index (χ1n) is 5.72. The zero-order valence-electron chi connectivity index (χ0n) is 10.1. The Morgan fingerprint density at radius 3 is 2.94 bits per heavy atom. The highest BCUT2D eigenvalue weighted by Crippen LogP contribution is 2.17. The molecule has 1 aromatic carbocycles. The Labute approximate surface area is 100 Å². The fraction of sp³-hybridized carbons (Fsp3) is 0.385. The fourth-order valence-electron chi connectivity index (χ4n) is 1.87. The van der Waals surface area contributed by atoms with Crippen molar-refractivity contribution in [1.29, 1.82) is 0 Å². The molecule has 0 amide bonds. The first-order chi connectivity index (χ1) is 8.22. The highest BCUT2D eigenvalue weighted by atomic mass is 16.5. The summed E-state index contributed by atoms with van der Waals surface area (Å²) in [6, 6.07) is 7.92. The van der Waals surface area contributed by atoms with E-state index in [1.165, 1.54) is 0 Å². The molecule has 0 aliphatic rings. The fourth-order valence-corrected chi connectivity index (χ4v) is 1.87. The molecule has 0 radical (unpaired) electrons. The van der Waals surface area contributed by atoms with Gasteiger partial charge in [-0.1, -0.05) is 18.2 Å². The van der Waals surface area contributed by atoms with Gasteiger partial charge in [0.25, 0.3) is 0 Å². The molecule has 0 spiro atoms. The van der Waals surface area contributed by atoms with Gasteiger partial charge in [0, 0.05) is 19.0 Å². The predicted molar refractivity (Wildman–Crippen MR) is 65.9 cm³/mol. The molecule has 90 valence electrons. The largest absolute Gasteiger partial charge is 0.374 e. The lowest BCUT2D eigenvalue weighted by molar-refractivity contribution is -0.122. The van der Waals surface area contributed by atoms with Crippen molar-refractivity contribution in [3.8, 4) is 0 Å². The Kier molecular flexibility index (Phi) is 3.54. The van der Waals surface area contributed by atoms with Crippen LogP contribution < -0.4 is 0 Å². The van der Waals surface area contributed by atoms with Crippen LogP contribution in [0.1, 0.15) is 12.6 Å². The van der Waals surface area contributed by atoms with E-state index in [4.69, 9.17) is 4.74 Å². The Balaban J connectivity index is 2.21. The van der Waals surface area contributed by atoms with E-state index in [1.54, 1.807) is 4.68 Å². The average molecular weight is 232 g/mol. The summed E-state index contributed by atoms with van der Waals surface area (Å²) in [4.78, 5) is 11.7. The molecule has 0 atom stereocenters. The smallest absolute Gasteiger partial charge is 0.164 e. The van der Waals surface area contributed by atoms with Gasteiger partial charge in [0.15, 0.2) is 5.78 Å². The van der Waals surface area contributed by atoms with Crippen LogP contribution in [0.15, 0.2) is 24.3 Å². The van der Waals surface area contributed by atoms with Gasteiger partial charge in [-0.05, 0) is 13.0 Å². The molecule has 4 heteroatoms. The van der Waals surface area contributed by atoms with E-state index in [0.717, 1.165) is 16.6 Å². The number of hydrogen-bond donors (Lipinski definition) is 0.